The van der Waals surface area contributed by atoms with E-state index in [-0.39, 0.29) is 11.4 Å². The molecule has 0 heterocycles. The molecule has 0 atom stereocenters. The second kappa shape index (κ2) is 4.74. The van der Waals surface area contributed by atoms with E-state index in [9.17, 15) is 4.79 Å². The summed E-state index contributed by atoms with van der Waals surface area (Å²) in [6, 6.07) is 0. The molecule has 2 rings (SSSR count). The van der Waals surface area contributed by atoms with Crippen LogP contribution in [0.25, 0.3) is 0 Å². The monoisotopic (exact) mass is 225 g/mol. The lowest BCUT2D eigenvalue weighted by atomic mass is 9.68. The van der Waals surface area contributed by atoms with Crippen molar-refractivity contribution < 1.29 is 9.53 Å². The van der Waals surface area contributed by atoms with Gasteiger partial charge in [0.2, 0.25) is 0 Å². The zero-order valence-electron chi connectivity index (χ0n) is 10.5. The molecular formula is C13H23NO2. The Labute approximate surface area is 98.1 Å². The molecule has 2 fully saturated rings. The Bertz CT molecular complexity index is 257. The highest BCUT2D eigenvalue weighted by Crippen LogP contribution is 2.42. The van der Waals surface area contributed by atoms with Crippen LogP contribution in [-0.4, -0.2) is 38.1 Å². The van der Waals surface area contributed by atoms with Crippen LogP contribution < -0.4 is 0 Å². The number of ether oxygens (including phenoxy) is 1. The number of rotatable bonds is 5. The van der Waals surface area contributed by atoms with Crippen LogP contribution in [-0.2, 0) is 9.53 Å². The van der Waals surface area contributed by atoms with Gasteiger partial charge in [0.05, 0.1) is 12.5 Å². The van der Waals surface area contributed by atoms with E-state index in [4.69, 9.17) is 4.74 Å². The number of esters is 1. The van der Waals surface area contributed by atoms with E-state index in [1.54, 1.807) is 0 Å². The van der Waals surface area contributed by atoms with Gasteiger partial charge in [0.15, 0.2) is 0 Å². The van der Waals surface area contributed by atoms with E-state index in [1.807, 2.05) is 0 Å². The van der Waals surface area contributed by atoms with E-state index < -0.39 is 0 Å². The third-order valence-electron chi connectivity index (χ3n) is 4.30. The lowest BCUT2D eigenvalue weighted by molar-refractivity contribution is -0.160. The van der Waals surface area contributed by atoms with E-state index in [0.717, 1.165) is 31.8 Å². The first kappa shape index (κ1) is 11.9. The average molecular weight is 225 g/mol. The normalized spacial score (nSPS) is 23.7. The highest BCUT2D eigenvalue weighted by molar-refractivity contribution is 5.78. The number of carbonyl (C=O) groups is 1. The maximum atomic E-state index is 11.8. The Morgan fingerprint density at radius 3 is 2.44 bits per heavy atom. The second-order valence-corrected chi connectivity index (χ2v) is 5.62. The van der Waals surface area contributed by atoms with E-state index in [0.29, 0.717) is 0 Å². The fraction of sp³-hybridized carbons (Fsp3) is 0.923. The summed E-state index contributed by atoms with van der Waals surface area (Å²) < 4.78 is 4.94. The Morgan fingerprint density at radius 2 is 2.06 bits per heavy atom. The van der Waals surface area contributed by atoms with Crippen LogP contribution >= 0.6 is 0 Å². The summed E-state index contributed by atoms with van der Waals surface area (Å²) in [7, 11) is 3.65. The minimum absolute atomic E-state index is 0.000732. The van der Waals surface area contributed by atoms with Crippen LogP contribution in [0.5, 0.6) is 0 Å². The molecule has 0 radical (unpaired) electrons. The standard InChI is InChI=1S/C13H23NO2/c1-14(9-11-5-3-6-11)10-13(7-4-8-13)12(15)16-2/h11H,3-10H2,1-2H3. The summed E-state index contributed by atoms with van der Waals surface area (Å²) in [5.74, 6) is 0.874. The Kier molecular flexibility index (Phi) is 3.53. The number of hydrogen-bond donors (Lipinski definition) is 0. The molecule has 2 saturated carbocycles. The smallest absolute Gasteiger partial charge is 0.313 e. The fourth-order valence-electron chi connectivity index (χ4n) is 2.94. The van der Waals surface area contributed by atoms with Gasteiger partial charge in [-0.25, -0.2) is 0 Å². The molecule has 0 saturated heterocycles. The molecule has 0 aromatic rings. The summed E-state index contributed by atoms with van der Waals surface area (Å²) >= 11 is 0. The van der Waals surface area contributed by atoms with Crippen molar-refractivity contribution in [1.82, 2.24) is 4.90 Å². The van der Waals surface area contributed by atoms with Crippen LogP contribution in [0.3, 0.4) is 0 Å². The maximum absolute atomic E-state index is 11.8. The molecule has 0 bridgehead atoms. The molecule has 0 amide bonds. The summed E-state index contributed by atoms with van der Waals surface area (Å²) in [6.45, 7) is 2.04. The first-order chi connectivity index (χ1) is 7.66. The number of hydrogen-bond acceptors (Lipinski definition) is 3. The van der Waals surface area contributed by atoms with Gasteiger partial charge in [-0.15, -0.1) is 0 Å². The topological polar surface area (TPSA) is 29.5 Å². The molecule has 0 N–H and O–H groups in total. The number of carbonyl (C=O) groups excluding carboxylic acids is 1. The Balaban J connectivity index is 1.83. The van der Waals surface area contributed by atoms with E-state index >= 15 is 0 Å². The van der Waals surface area contributed by atoms with Crippen LogP contribution in [0.15, 0.2) is 0 Å². The molecule has 3 heteroatoms. The third kappa shape index (κ3) is 2.24. The Morgan fingerprint density at radius 1 is 1.38 bits per heavy atom. The van der Waals surface area contributed by atoms with Crippen LogP contribution in [0.2, 0.25) is 0 Å². The quantitative estimate of drug-likeness (QED) is 0.671. The SMILES string of the molecule is COC(=O)C1(CN(C)CC2CCC2)CCC1. The first-order valence-corrected chi connectivity index (χ1v) is 6.43. The molecule has 92 valence electrons. The van der Waals surface area contributed by atoms with Crippen molar-refractivity contribution in [3.63, 3.8) is 0 Å². The molecule has 2 aliphatic rings. The molecule has 0 aromatic heterocycles. The highest BCUT2D eigenvalue weighted by atomic mass is 16.5. The summed E-state index contributed by atoms with van der Waals surface area (Å²) in [4.78, 5) is 14.1. The minimum Gasteiger partial charge on any atom is -0.469 e. The number of nitrogens with zero attached hydrogens (tertiary/aromatic N) is 1. The third-order valence-corrected chi connectivity index (χ3v) is 4.30. The average Bonchev–Trinajstić information content (AvgIpc) is 2.16. The van der Waals surface area contributed by atoms with Gasteiger partial charge in [0.25, 0.3) is 0 Å². The van der Waals surface area contributed by atoms with Gasteiger partial charge in [-0.05, 0) is 38.6 Å². The molecule has 0 unspecified atom stereocenters. The van der Waals surface area contributed by atoms with Crippen molar-refractivity contribution in [2.75, 3.05) is 27.2 Å². The first-order valence-electron chi connectivity index (χ1n) is 6.43. The highest BCUT2D eigenvalue weighted by Gasteiger charge is 2.46. The van der Waals surface area contributed by atoms with Crippen molar-refractivity contribution in [1.29, 1.82) is 0 Å². The van der Waals surface area contributed by atoms with Gasteiger partial charge in [0.1, 0.15) is 0 Å². The summed E-state index contributed by atoms with van der Waals surface area (Å²) in [6.07, 6.45) is 7.32. The minimum atomic E-state index is -0.173. The molecular weight excluding hydrogens is 202 g/mol. The van der Waals surface area contributed by atoms with Crippen molar-refractivity contribution in [2.24, 2.45) is 11.3 Å². The van der Waals surface area contributed by atoms with Crippen molar-refractivity contribution in [3.8, 4) is 0 Å². The van der Waals surface area contributed by atoms with Gasteiger partial charge in [0, 0.05) is 13.1 Å². The van der Waals surface area contributed by atoms with Gasteiger partial charge in [-0.3, -0.25) is 4.79 Å². The zero-order chi connectivity index (χ0) is 11.6. The second-order valence-electron chi connectivity index (χ2n) is 5.62. The largest absolute Gasteiger partial charge is 0.469 e. The van der Waals surface area contributed by atoms with Gasteiger partial charge >= 0.3 is 5.97 Å². The summed E-state index contributed by atoms with van der Waals surface area (Å²) in [5, 5.41) is 0. The van der Waals surface area contributed by atoms with Crippen LogP contribution in [0, 0.1) is 11.3 Å². The molecule has 0 aliphatic heterocycles. The van der Waals surface area contributed by atoms with Gasteiger partial charge in [-0.1, -0.05) is 12.8 Å². The van der Waals surface area contributed by atoms with Crippen LogP contribution in [0.4, 0.5) is 0 Å². The fourth-order valence-corrected chi connectivity index (χ4v) is 2.94. The van der Waals surface area contributed by atoms with Crippen molar-refractivity contribution in [3.05, 3.63) is 0 Å². The molecule has 2 aliphatic carbocycles. The maximum Gasteiger partial charge on any atom is 0.313 e. The lowest BCUT2D eigenvalue weighted by Gasteiger charge is -2.42. The zero-order valence-corrected chi connectivity index (χ0v) is 10.5. The van der Waals surface area contributed by atoms with Gasteiger partial charge in [-0.2, -0.15) is 0 Å². The summed E-state index contributed by atoms with van der Waals surface area (Å²) in [5.41, 5.74) is -0.173. The molecule has 0 spiro atoms. The van der Waals surface area contributed by atoms with E-state index in [1.165, 1.54) is 32.8 Å². The predicted molar refractivity (Wildman–Crippen MR) is 63.1 cm³/mol. The van der Waals surface area contributed by atoms with Crippen LogP contribution in [0.1, 0.15) is 38.5 Å². The lowest BCUT2D eigenvalue weighted by Crippen LogP contribution is -2.48. The van der Waals surface area contributed by atoms with Crippen molar-refractivity contribution >= 4 is 5.97 Å². The molecule has 16 heavy (non-hydrogen) atoms. The van der Waals surface area contributed by atoms with E-state index in [2.05, 4.69) is 11.9 Å². The molecule has 3 nitrogen and oxygen atoms in total. The molecule has 0 aromatic carbocycles. The predicted octanol–water partition coefficient (Wildman–Crippen LogP) is 2.06. The Hall–Kier alpha value is -0.570. The van der Waals surface area contributed by atoms with Crippen molar-refractivity contribution in [2.45, 2.75) is 38.5 Å². The van der Waals surface area contributed by atoms with Gasteiger partial charge < -0.3 is 9.64 Å². The number of methoxy groups -OCH3 is 1.